The molecule has 0 saturated carbocycles. The smallest absolute Gasteiger partial charge is 0.309 e. The molecule has 4 heteroatoms. The number of fused-ring (bicyclic) bond motifs is 3. The monoisotopic (exact) mass is 302 g/mol. The van der Waals surface area contributed by atoms with E-state index < -0.39 is 0 Å². The Morgan fingerprint density at radius 1 is 1.24 bits per heavy atom. The quantitative estimate of drug-likeness (QED) is 0.789. The zero-order valence-electron chi connectivity index (χ0n) is 11.6. The van der Waals surface area contributed by atoms with Gasteiger partial charge >= 0.3 is 5.97 Å². The summed E-state index contributed by atoms with van der Waals surface area (Å²) in [4.78, 5) is 11.8. The lowest BCUT2D eigenvalue weighted by Gasteiger charge is -2.28. The summed E-state index contributed by atoms with van der Waals surface area (Å²) >= 11 is 6.08. The van der Waals surface area contributed by atoms with Gasteiger partial charge in [0.2, 0.25) is 0 Å². The van der Waals surface area contributed by atoms with Gasteiger partial charge in [-0.05, 0) is 30.7 Å². The Kier molecular flexibility index (Phi) is 3.84. The Morgan fingerprint density at radius 3 is 2.86 bits per heavy atom. The van der Waals surface area contributed by atoms with Crippen molar-refractivity contribution in [3.8, 4) is 16.9 Å². The van der Waals surface area contributed by atoms with E-state index >= 15 is 0 Å². The van der Waals surface area contributed by atoms with Crippen LogP contribution in [0.3, 0.4) is 0 Å². The third-order valence-corrected chi connectivity index (χ3v) is 3.70. The van der Waals surface area contributed by atoms with Gasteiger partial charge in [0.05, 0.1) is 13.0 Å². The number of ether oxygens (including phenoxy) is 2. The highest BCUT2D eigenvalue weighted by Gasteiger charge is 2.28. The summed E-state index contributed by atoms with van der Waals surface area (Å²) in [5.41, 5.74) is 2.99. The molecule has 1 unspecified atom stereocenters. The first-order chi connectivity index (χ1) is 10.2. The number of carbonyl (C=O) groups excluding carboxylic acids is 1. The lowest BCUT2D eigenvalue weighted by atomic mass is 9.91. The van der Waals surface area contributed by atoms with E-state index in [9.17, 15) is 4.79 Å². The predicted molar refractivity (Wildman–Crippen MR) is 81.5 cm³/mol. The molecule has 0 spiro atoms. The molecule has 0 bridgehead atoms. The molecule has 1 aliphatic heterocycles. The van der Waals surface area contributed by atoms with E-state index in [-0.39, 0.29) is 18.5 Å². The van der Waals surface area contributed by atoms with E-state index in [0.717, 1.165) is 22.4 Å². The van der Waals surface area contributed by atoms with Crippen LogP contribution < -0.4 is 4.74 Å². The minimum absolute atomic E-state index is 0.201. The minimum atomic E-state index is -0.325. The number of hydrogen-bond acceptors (Lipinski definition) is 3. The van der Waals surface area contributed by atoms with Crippen molar-refractivity contribution >= 4 is 17.6 Å². The van der Waals surface area contributed by atoms with Crippen molar-refractivity contribution in [1.29, 1.82) is 0 Å². The molecular weight excluding hydrogens is 288 g/mol. The average molecular weight is 303 g/mol. The molecule has 0 saturated heterocycles. The van der Waals surface area contributed by atoms with Gasteiger partial charge < -0.3 is 9.47 Å². The topological polar surface area (TPSA) is 35.5 Å². The van der Waals surface area contributed by atoms with Crippen LogP contribution in [0, 0.1) is 0 Å². The highest BCUT2D eigenvalue weighted by Crippen LogP contribution is 2.44. The summed E-state index contributed by atoms with van der Waals surface area (Å²) < 4.78 is 11.0. The molecule has 1 aliphatic rings. The largest absolute Gasteiger partial charge is 0.484 e. The molecule has 21 heavy (non-hydrogen) atoms. The Morgan fingerprint density at radius 2 is 2.05 bits per heavy atom. The maximum absolute atomic E-state index is 11.8. The van der Waals surface area contributed by atoms with Gasteiger partial charge in [0.25, 0.3) is 0 Å². The van der Waals surface area contributed by atoms with Gasteiger partial charge in [-0.3, -0.25) is 4.79 Å². The summed E-state index contributed by atoms with van der Waals surface area (Å²) in [6.07, 6.45) is -0.124. The highest BCUT2D eigenvalue weighted by molar-refractivity contribution is 6.31. The first-order valence-corrected chi connectivity index (χ1v) is 7.28. The van der Waals surface area contributed by atoms with Crippen molar-refractivity contribution in [3.05, 3.63) is 53.1 Å². The summed E-state index contributed by atoms with van der Waals surface area (Å²) in [7, 11) is 0. The molecule has 3 rings (SSSR count). The van der Waals surface area contributed by atoms with E-state index in [1.807, 2.05) is 36.4 Å². The molecule has 0 amide bonds. The fourth-order valence-electron chi connectivity index (χ4n) is 2.58. The molecule has 0 fully saturated rings. The maximum atomic E-state index is 11.8. The van der Waals surface area contributed by atoms with Crippen LogP contribution in [0.25, 0.3) is 11.1 Å². The van der Waals surface area contributed by atoms with Crippen molar-refractivity contribution in [1.82, 2.24) is 0 Å². The van der Waals surface area contributed by atoms with Crippen molar-refractivity contribution in [3.63, 3.8) is 0 Å². The van der Waals surface area contributed by atoms with Crippen LogP contribution in [0.5, 0.6) is 5.75 Å². The SMILES string of the molecule is CCOC(=O)CC1Oc2ccc(Cl)cc2-c2ccccc21. The summed E-state index contributed by atoms with van der Waals surface area (Å²) in [6, 6.07) is 13.4. The van der Waals surface area contributed by atoms with Crippen molar-refractivity contribution in [2.24, 2.45) is 0 Å². The Balaban J connectivity index is 2.00. The number of benzene rings is 2. The second-order valence-corrected chi connectivity index (χ2v) is 5.28. The predicted octanol–water partition coefficient (Wildman–Crippen LogP) is 4.39. The molecule has 3 nitrogen and oxygen atoms in total. The maximum Gasteiger partial charge on any atom is 0.309 e. The Bertz CT molecular complexity index is 681. The molecule has 1 heterocycles. The Labute approximate surface area is 128 Å². The van der Waals surface area contributed by atoms with Crippen LogP contribution in [0.1, 0.15) is 25.0 Å². The second kappa shape index (κ2) is 5.78. The number of esters is 1. The Hall–Kier alpha value is -2.00. The van der Waals surface area contributed by atoms with Gasteiger partial charge in [0.1, 0.15) is 11.9 Å². The summed E-state index contributed by atoms with van der Waals surface area (Å²) in [5.74, 6) is 0.488. The number of rotatable bonds is 3. The second-order valence-electron chi connectivity index (χ2n) is 4.84. The molecule has 0 aliphatic carbocycles. The van der Waals surface area contributed by atoms with Gasteiger partial charge in [-0.2, -0.15) is 0 Å². The standard InChI is InChI=1S/C17H15ClO3/c1-2-20-17(19)10-16-13-6-4-3-5-12(13)14-9-11(18)7-8-15(14)21-16/h3-9,16H,2,10H2,1H3. The van der Waals surface area contributed by atoms with Crippen LogP contribution in [-0.4, -0.2) is 12.6 Å². The van der Waals surface area contributed by atoms with Crippen molar-refractivity contribution < 1.29 is 14.3 Å². The normalized spacial score (nSPS) is 15.6. The first kappa shape index (κ1) is 14.0. The number of hydrogen-bond donors (Lipinski definition) is 0. The van der Waals surface area contributed by atoms with Gasteiger partial charge in [-0.15, -0.1) is 0 Å². The minimum Gasteiger partial charge on any atom is -0.484 e. The lowest BCUT2D eigenvalue weighted by molar-refractivity contribution is -0.145. The average Bonchev–Trinajstić information content (AvgIpc) is 2.48. The molecule has 2 aromatic rings. The van der Waals surface area contributed by atoms with Crippen LogP contribution >= 0.6 is 11.6 Å². The van der Waals surface area contributed by atoms with Gasteiger partial charge in [0, 0.05) is 16.1 Å². The van der Waals surface area contributed by atoms with Gasteiger partial charge in [-0.1, -0.05) is 35.9 Å². The fraction of sp³-hybridized carbons (Fsp3) is 0.235. The van der Waals surface area contributed by atoms with Gasteiger partial charge in [0.15, 0.2) is 0 Å². The van der Waals surface area contributed by atoms with Gasteiger partial charge in [-0.25, -0.2) is 0 Å². The fourth-order valence-corrected chi connectivity index (χ4v) is 2.75. The molecule has 2 aromatic carbocycles. The van der Waals surface area contributed by atoms with E-state index in [1.165, 1.54) is 0 Å². The van der Waals surface area contributed by atoms with Crippen LogP contribution in [-0.2, 0) is 9.53 Å². The van der Waals surface area contributed by atoms with E-state index in [0.29, 0.717) is 11.6 Å². The van der Waals surface area contributed by atoms with E-state index in [4.69, 9.17) is 21.1 Å². The molecular formula is C17H15ClO3. The molecule has 0 radical (unpaired) electrons. The summed E-state index contributed by atoms with van der Waals surface area (Å²) in [6.45, 7) is 2.17. The van der Waals surface area contributed by atoms with Crippen molar-refractivity contribution in [2.45, 2.75) is 19.4 Å². The molecule has 1 atom stereocenters. The molecule has 0 N–H and O–H groups in total. The zero-order valence-corrected chi connectivity index (χ0v) is 12.4. The molecule has 0 aromatic heterocycles. The first-order valence-electron chi connectivity index (χ1n) is 6.90. The van der Waals surface area contributed by atoms with Crippen LogP contribution in [0.2, 0.25) is 5.02 Å². The number of halogens is 1. The van der Waals surface area contributed by atoms with E-state index in [2.05, 4.69) is 0 Å². The lowest BCUT2D eigenvalue weighted by Crippen LogP contribution is -2.19. The highest BCUT2D eigenvalue weighted by atomic mass is 35.5. The third kappa shape index (κ3) is 2.74. The third-order valence-electron chi connectivity index (χ3n) is 3.47. The van der Waals surface area contributed by atoms with Crippen molar-refractivity contribution in [2.75, 3.05) is 6.61 Å². The number of carbonyl (C=O) groups is 1. The molecule has 108 valence electrons. The van der Waals surface area contributed by atoms with Crippen LogP contribution in [0.15, 0.2) is 42.5 Å². The van der Waals surface area contributed by atoms with E-state index in [1.54, 1.807) is 13.0 Å². The zero-order chi connectivity index (χ0) is 14.8. The summed E-state index contributed by atoms with van der Waals surface area (Å²) in [5, 5.41) is 0.663. The van der Waals surface area contributed by atoms with Crippen LogP contribution in [0.4, 0.5) is 0 Å².